The van der Waals surface area contributed by atoms with Gasteiger partial charge >= 0.3 is 0 Å². The van der Waals surface area contributed by atoms with Crippen LogP contribution in [-0.4, -0.2) is 80.7 Å². The first-order chi connectivity index (χ1) is 14.5. The number of aliphatic hydroxyl groups is 1. The van der Waals surface area contributed by atoms with Crippen LogP contribution in [0.25, 0.3) is 0 Å². The minimum Gasteiger partial charge on any atom is -0.389 e. The Kier molecular flexibility index (Phi) is 14.3. The fourth-order valence-corrected chi connectivity index (χ4v) is 3.53. The number of hydrogen-bond acceptors (Lipinski definition) is 5. The summed E-state index contributed by atoms with van der Waals surface area (Å²) in [5.41, 5.74) is 1.11. The quantitative estimate of drug-likeness (QED) is 0.224. The number of guanidine groups is 1. The highest BCUT2D eigenvalue weighted by molar-refractivity contribution is 14.0. The number of halogens is 1. The molecule has 1 saturated heterocycles. The minimum atomic E-state index is -0.611. The van der Waals surface area contributed by atoms with Gasteiger partial charge in [0.2, 0.25) is 0 Å². The lowest BCUT2D eigenvalue weighted by Gasteiger charge is -2.36. The van der Waals surface area contributed by atoms with Crippen LogP contribution in [0.3, 0.4) is 0 Å². The zero-order valence-electron chi connectivity index (χ0n) is 19.4. The third-order valence-electron chi connectivity index (χ3n) is 5.38. The third-order valence-corrected chi connectivity index (χ3v) is 5.38. The first kappa shape index (κ1) is 28.1. The number of rotatable bonds is 11. The van der Waals surface area contributed by atoms with Crippen molar-refractivity contribution in [3.05, 3.63) is 35.9 Å². The monoisotopic (exact) mass is 548 g/mol. The molecule has 3 N–H and O–H groups in total. The number of hydrogen-bond donors (Lipinski definition) is 3. The second kappa shape index (κ2) is 15.8. The molecule has 0 radical (unpaired) electrons. The Morgan fingerprint density at radius 2 is 1.84 bits per heavy atom. The van der Waals surface area contributed by atoms with Gasteiger partial charge in [0.05, 0.1) is 38.6 Å². The first-order valence-electron chi connectivity index (χ1n) is 11.2. The maximum atomic E-state index is 10.3. The second-order valence-corrected chi connectivity index (χ2v) is 8.10. The molecule has 7 nitrogen and oxygen atoms in total. The SMILES string of the molecule is CCNC(=NCC(C(C)C)N1CCOCC1)NCC(O)COC(C)c1ccccc1.I. The van der Waals surface area contributed by atoms with E-state index in [1.165, 1.54) is 0 Å². The Labute approximate surface area is 205 Å². The van der Waals surface area contributed by atoms with E-state index in [2.05, 4.69) is 29.4 Å². The van der Waals surface area contributed by atoms with Crippen molar-refractivity contribution in [2.75, 3.05) is 52.5 Å². The topological polar surface area (TPSA) is 78.4 Å². The van der Waals surface area contributed by atoms with E-state index < -0.39 is 6.10 Å². The molecule has 1 fully saturated rings. The van der Waals surface area contributed by atoms with Gasteiger partial charge in [0.15, 0.2) is 5.96 Å². The average Bonchev–Trinajstić information content (AvgIpc) is 2.77. The van der Waals surface area contributed by atoms with Crippen molar-refractivity contribution < 1.29 is 14.6 Å². The molecule has 3 atom stereocenters. The van der Waals surface area contributed by atoms with E-state index in [1.54, 1.807) is 0 Å². The molecule has 3 unspecified atom stereocenters. The molecule has 1 aliphatic heterocycles. The zero-order valence-corrected chi connectivity index (χ0v) is 21.7. The summed E-state index contributed by atoms with van der Waals surface area (Å²) in [7, 11) is 0. The molecule has 0 amide bonds. The largest absolute Gasteiger partial charge is 0.389 e. The molecule has 2 rings (SSSR count). The van der Waals surface area contributed by atoms with E-state index in [-0.39, 0.29) is 36.7 Å². The Balaban J connectivity index is 0.00000480. The van der Waals surface area contributed by atoms with Gasteiger partial charge in [0.25, 0.3) is 0 Å². The normalized spacial score (nSPS) is 18.2. The van der Waals surface area contributed by atoms with Crippen molar-refractivity contribution in [3.63, 3.8) is 0 Å². The maximum absolute atomic E-state index is 10.3. The van der Waals surface area contributed by atoms with Crippen LogP contribution in [0, 0.1) is 5.92 Å². The average molecular weight is 549 g/mol. The highest BCUT2D eigenvalue weighted by Crippen LogP contribution is 2.16. The third kappa shape index (κ3) is 10.5. The van der Waals surface area contributed by atoms with E-state index in [0.717, 1.165) is 44.4 Å². The van der Waals surface area contributed by atoms with Crippen molar-refractivity contribution in [3.8, 4) is 0 Å². The van der Waals surface area contributed by atoms with E-state index in [4.69, 9.17) is 14.5 Å². The molecule has 1 heterocycles. The van der Waals surface area contributed by atoms with Crippen molar-refractivity contribution in [1.29, 1.82) is 0 Å². The molecule has 1 aliphatic rings. The van der Waals surface area contributed by atoms with E-state index in [0.29, 0.717) is 25.0 Å². The molecule has 0 bridgehead atoms. The molecule has 0 saturated carbocycles. The molecular weight excluding hydrogens is 507 g/mol. The van der Waals surface area contributed by atoms with Gasteiger partial charge in [-0.3, -0.25) is 9.89 Å². The van der Waals surface area contributed by atoms with Crippen molar-refractivity contribution in [2.45, 2.75) is 45.9 Å². The van der Waals surface area contributed by atoms with Gasteiger partial charge < -0.3 is 25.2 Å². The summed E-state index contributed by atoms with van der Waals surface area (Å²) in [5, 5.41) is 16.9. The van der Waals surface area contributed by atoms with Gasteiger partial charge in [-0.25, -0.2) is 0 Å². The van der Waals surface area contributed by atoms with Crippen LogP contribution in [0.2, 0.25) is 0 Å². The Morgan fingerprint density at radius 3 is 2.45 bits per heavy atom. The van der Waals surface area contributed by atoms with Crippen molar-refractivity contribution in [1.82, 2.24) is 15.5 Å². The van der Waals surface area contributed by atoms with E-state index in [9.17, 15) is 5.11 Å². The van der Waals surface area contributed by atoms with Gasteiger partial charge in [0.1, 0.15) is 0 Å². The molecule has 0 spiro atoms. The Bertz CT molecular complexity index is 612. The maximum Gasteiger partial charge on any atom is 0.191 e. The number of nitrogens with zero attached hydrogens (tertiary/aromatic N) is 2. The van der Waals surface area contributed by atoms with Gasteiger partial charge in [0, 0.05) is 32.2 Å². The molecular formula is C23H41IN4O3. The van der Waals surface area contributed by atoms with Crippen LogP contribution in [0.15, 0.2) is 35.3 Å². The molecule has 8 heteroatoms. The Morgan fingerprint density at radius 1 is 1.16 bits per heavy atom. The van der Waals surface area contributed by atoms with Crippen LogP contribution < -0.4 is 10.6 Å². The summed E-state index contributed by atoms with van der Waals surface area (Å²) in [6.45, 7) is 14.2. The molecule has 0 aliphatic carbocycles. The summed E-state index contributed by atoms with van der Waals surface area (Å²) in [4.78, 5) is 7.25. The number of benzene rings is 1. The summed E-state index contributed by atoms with van der Waals surface area (Å²) in [5.74, 6) is 1.24. The lowest BCUT2D eigenvalue weighted by molar-refractivity contribution is -0.000637. The van der Waals surface area contributed by atoms with Crippen LogP contribution in [-0.2, 0) is 9.47 Å². The summed E-state index contributed by atoms with van der Waals surface area (Å²) >= 11 is 0. The van der Waals surface area contributed by atoms with Crippen LogP contribution in [0.4, 0.5) is 0 Å². The van der Waals surface area contributed by atoms with Gasteiger partial charge in [-0.2, -0.15) is 0 Å². The molecule has 178 valence electrons. The fraction of sp³-hybridized carbons (Fsp3) is 0.696. The predicted molar refractivity (Wildman–Crippen MR) is 137 cm³/mol. The number of morpholine rings is 1. The smallest absolute Gasteiger partial charge is 0.191 e. The summed E-state index contributed by atoms with van der Waals surface area (Å²) in [6.07, 6.45) is -0.664. The van der Waals surface area contributed by atoms with Gasteiger partial charge in [-0.05, 0) is 25.3 Å². The van der Waals surface area contributed by atoms with Gasteiger partial charge in [-0.15, -0.1) is 24.0 Å². The molecule has 31 heavy (non-hydrogen) atoms. The minimum absolute atomic E-state index is 0. The molecule has 0 aromatic heterocycles. The number of nitrogens with one attached hydrogen (secondary N) is 2. The van der Waals surface area contributed by atoms with Crippen LogP contribution >= 0.6 is 24.0 Å². The van der Waals surface area contributed by atoms with Crippen LogP contribution in [0.5, 0.6) is 0 Å². The lowest BCUT2D eigenvalue weighted by Crippen LogP contribution is -2.48. The number of ether oxygens (including phenoxy) is 2. The highest BCUT2D eigenvalue weighted by Gasteiger charge is 2.23. The number of aliphatic hydroxyl groups excluding tert-OH is 1. The summed E-state index contributed by atoms with van der Waals surface area (Å²) in [6, 6.07) is 10.4. The van der Waals surface area contributed by atoms with Gasteiger partial charge in [-0.1, -0.05) is 44.2 Å². The predicted octanol–water partition coefficient (Wildman–Crippen LogP) is 2.66. The number of aliphatic imine (C=N–C) groups is 1. The molecule has 1 aromatic carbocycles. The Hall–Kier alpha value is -0.940. The van der Waals surface area contributed by atoms with E-state index in [1.807, 2.05) is 44.2 Å². The first-order valence-corrected chi connectivity index (χ1v) is 11.2. The second-order valence-electron chi connectivity index (χ2n) is 8.10. The zero-order chi connectivity index (χ0) is 21.8. The van der Waals surface area contributed by atoms with Crippen LogP contribution in [0.1, 0.15) is 39.4 Å². The van der Waals surface area contributed by atoms with E-state index >= 15 is 0 Å². The fourth-order valence-electron chi connectivity index (χ4n) is 3.53. The van der Waals surface area contributed by atoms with Crippen molar-refractivity contribution >= 4 is 29.9 Å². The van der Waals surface area contributed by atoms with Crippen molar-refractivity contribution in [2.24, 2.45) is 10.9 Å². The lowest BCUT2D eigenvalue weighted by atomic mass is 10.0. The highest BCUT2D eigenvalue weighted by atomic mass is 127. The standard InChI is InChI=1S/C23H40N4O3.HI/c1-5-24-23(26-16-22(18(2)3)27-11-13-29-14-12-27)25-15-21(28)17-30-19(4)20-9-7-6-8-10-20;/h6-10,18-19,21-22,28H,5,11-17H2,1-4H3,(H2,24,25,26);1H. The molecule has 1 aromatic rings. The summed E-state index contributed by atoms with van der Waals surface area (Å²) < 4.78 is 11.3.